The summed E-state index contributed by atoms with van der Waals surface area (Å²) >= 11 is 0. The van der Waals surface area contributed by atoms with Crippen molar-refractivity contribution in [1.82, 2.24) is 5.32 Å². The first-order chi connectivity index (χ1) is 9.01. The van der Waals surface area contributed by atoms with Crippen LogP contribution in [0.3, 0.4) is 0 Å². The molecule has 0 aromatic heterocycles. The number of rotatable bonds is 7. The van der Waals surface area contributed by atoms with E-state index in [2.05, 4.69) is 12.2 Å². The van der Waals surface area contributed by atoms with E-state index in [1.807, 2.05) is 6.92 Å². The molecule has 1 aliphatic rings. The molecule has 1 saturated carbocycles. The van der Waals surface area contributed by atoms with Gasteiger partial charge in [-0.1, -0.05) is 19.8 Å². The molecule has 0 heterocycles. The Kier molecular flexibility index (Phi) is 6.80. The fourth-order valence-corrected chi connectivity index (χ4v) is 2.76. The second-order valence-electron chi connectivity index (χ2n) is 5.94. The van der Waals surface area contributed by atoms with Gasteiger partial charge in [0.2, 0.25) is 0 Å². The Morgan fingerprint density at radius 3 is 2.74 bits per heavy atom. The molecule has 3 atom stereocenters. The average molecular weight is 271 g/mol. The van der Waals surface area contributed by atoms with Crippen LogP contribution in [0.25, 0.3) is 0 Å². The standard InChI is InChI=1S/C15H29NO3/c1-12-7-5-8-13(11-12)19-10-6-9-15(2,16-3)14(17)18-4/h12-13,16H,5-11H2,1-4H3. The first-order valence-corrected chi connectivity index (χ1v) is 7.40. The van der Waals surface area contributed by atoms with E-state index in [0.29, 0.717) is 6.10 Å². The van der Waals surface area contributed by atoms with E-state index in [0.717, 1.165) is 25.4 Å². The minimum absolute atomic E-state index is 0.207. The summed E-state index contributed by atoms with van der Waals surface area (Å²) < 4.78 is 10.8. The van der Waals surface area contributed by atoms with Crippen molar-refractivity contribution >= 4 is 5.97 Å². The van der Waals surface area contributed by atoms with E-state index in [4.69, 9.17) is 9.47 Å². The van der Waals surface area contributed by atoms with Gasteiger partial charge in [0.1, 0.15) is 5.54 Å². The van der Waals surface area contributed by atoms with Gasteiger partial charge in [0.15, 0.2) is 0 Å². The van der Waals surface area contributed by atoms with E-state index in [1.54, 1.807) is 7.05 Å². The van der Waals surface area contributed by atoms with Gasteiger partial charge in [-0.3, -0.25) is 4.79 Å². The highest BCUT2D eigenvalue weighted by Crippen LogP contribution is 2.26. The Bertz CT molecular complexity index is 283. The maximum Gasteiger partial charge on any atom is 0.325 e. The highest BCUT2D eigenvalue weighted by atomic mass is 16.5. The van der Waals surface area contributed by atoms with Crippen molar-refractivity contribution in [2.45, 2.75) is 64.0 Å². The summed E-state index contributed by atoms with van der Waals surface area (Å²) in [7, 11) is 3.22. The van der Waals surface area contributed by atoms with Crippen LogP contribution in [0, 0.1) is 5.92 Å². The molecule has 3 unspecified atom stereocenters. The number of hydrogen-bond acceptors (Lipinski definition) is 4. The van der Waals surface area contributed by atoms with Crippen LogP contribution < -0.4 is 5.32 Å². The molecule has 1 rings (SSSR count). The summed E-state index contributed by atoms with van der Waals surface area (Å²) in [4.78, 5) is 11.7. The second-order valence-corrected chi connectivity index (χ2v) is 5.94. The van der Waals surface area contributed by atoms with E-state index in [1.165, 1.54) is 32.8 Å². The third-order valence-corrected chi connectivity index (χ3v) is 4.25. The molecule has 0 aromatic carbocycles. The van der Waals surface area contributed by atoms with Gasteiger partial charge in [-0.2, -0.15) is 0 Å². The third-order valence-electron chi connectivity index (χ3n) is 4.25. The van der Waals surface area contributed by atoms with Gasteiger partial charge < -0.3 is 14.8 Å². The largest absolute Gasteiger partial charge is 0.468 e. The normalized spacial score (nSPS) is 26.7. The molecular weight excluding hydrogens is 242 g/mol. The maximum absolute atomic E-state index is 11.7. The van der Waals surface area contributed by atoms with Gasteiger partial charge in [-0.15, -0.1) is 0 Å². The number of esters is 1. The van der Waals surface area contributed by atoms with Gasteiger partial charge in [0.25, 0.3) is 0 Å². The topological polar surface area (TPSA) is 47.6 Å². The number of carbonyl (C=O) groups excluding carboxylic acids is 1. The number of ether oxygens (including phenoxy) is 2. The molecule has 0 bridgehead atoms. The van der Waals surface area contributed by atoms with Crippen LogP contribution in [0.1, 0.15) is 52.4 Å². The minimum atomic E-state index is -0.599. The van der Waals surface area contributed by atoms with E-state index < -0.39 is 5.54 Å². The molecule has 1 fully saturated rings. The monoisotopic (exact) mass is 271 g/mol. The Morgan fingerprint density at radius 1 is 1.42 bits per heavy atom. The summed E-state index contributed by atoms with van der Waals surface area (Å²) in [6.07, 6.45) is 7.01. The van der Waals surface area contributed by atoms with Crippen LogP contribution in [0.2, 0.25) is 0 Å². The lowest BCUT2D eigenvalue weighted by Crippen LogP contribution is -2.48. The summed E-state index contributed by atoms with van der Waals surface area (Å²) in [5.41, 5.74) is -0.599. The Balaban J connectivity index is 2.23. The molecule has 1 aliphatic carbocycles. The fourth-order valence-electron chi connectivity index (χ4n) is 2.76. The Hall–Kier alpha value is -0.610. The van der Waals surface area contributed by atoms with Crippen LogP contribution in [0.5, 0.6) is 0 Å². The fraction of sp³-hybridized carbons (Fsp3) is 0.933. The smallest absolute Gasteiger partial charge is 0.325 e. The molecule has 19 heavy (non-hydrogen) atoms. The number of hydrogen-bond donors (Lipinski definition) is 1. The molecule has 4 nitrogen and oxygen atoms in total. The van der Waals surface area contributed by atoms with Crippen LogP contribution >= 0.6 is 0 Å². The van der Waals surface area contributed by atoms with Crippen LogP contribution in [0.15, 0.2) is 0 Å². The predicted octanol–water partition coefficient (Wildman–Crippen LogP) is 2.51. The zero-order valence-corrected chi connectivity index (χ0v) is 12.8. The van der Waals surface area contributed by atoms with E-state index >= 15 is 0 Å². The van der Waals surface area contributed by atoms with E-state index in [9.17, 15) is 4.79 Å². The molecule has 0 aliphatic heterocycles. The predicted molar refractivity (Wildman–Crippen MR) is 76.1 cm³/mol. The first kappa shape index (κ1) is 16.4. The molecule has 0 aromatic rings. The molecular formula is C15H29NO3. The van der Waals surface area contributed by atoms with Crippen molar-refractivity contribution < 1.29 is 14.3 Å². The van der Waals surface area contributed by atoms with Gasteiger partial charge >= 0.3 is 5.97 Å². The lowest BCUT2D eigenvalue weighted by Gasteiger charge is -2.28. The van der Waals surface area contributed by atoms with Crippen molar-refractivity contribution in [3.63, 3.8) is 0 Å². The quantitative estimate of drug-likeness (QED) is 0.571. The van der Waals surface area contributed by atoms with Crippen LogP contribution in [-0.2, 0) is 14.3 Å². The Labute approximate surface area is 117 Å². The average Bonchev–Trinajstić information content (AvgIpc) is 2.42. The molecule has 0 spiro atoms. The lowest BCUT2D eigenvalue weighted by molar-refractivity contribution is -0.148. The zero-order chi connectivity index (χ0) is 14.3. The number of likely N-dealkylation sites (N-methyl/N-ethyl adjacent to an activating group) is 1. The summed E-state index contributed by atoms with van der Waals surface area (Å²) in [6.45, 7) is 4.90. The van der Waals surface area contributed by atoms with Crippen LogP contribution in [-0.4, -0.2) is 38.4 Å². The molecule has 0 radical (unpaired) electrons. The number of methoxy groups -OCH3 is 1. The highest BCUT2D eigenvalue weighted by molar-refractivity contribution is 5.80. The maximum atomic E-state index is 11.7. The zero-order valence-electron chi connectivity index (χ0n) is 12.8. The van der Waals surface area contributed by atoms with Gasteiger partial charge in [0, 0.05) is 6.61 Å². The second kappa shape index (κ2) is 7.85. The van der Waals surface area contributed by atoms with E-state index in [-0.39, 0.29) is 5.97 Å². The molecule has 0 saturated heterocycles. The molecule has 4 heteroatoms. The molecule has 0 amide bonds. The number of carbonyl (C=O) groups is 1. The number of nitrogens with one attached hydrogen (secondary N) is 1. The van der Waals surface area contributed by atoms with Gasteiger partial charge in [0.05, 0.1) is 13.2 Å². The summed E-state index contributed by atoms with van der Waals surface area (Å²) in [5.74, 6) is 0.581. The highest BCUT2D eigenvalue weighted by Gasteiger charge is 2.31. The Morgan fingerprint density at radius 2 is 2.16 bits per heavy atom. The van der Waals surface area contributed by atoms with Crippen molar-refractivity contribution in [2.75, 3.05) is 20.8 Å². The lowest BCUT2D eigenvalue weighted by atomic mass is 9.88. The van der Waals surface area contributed by atoms with Crippen molar-refractivity contribution in [1.29, 1.82) is 0 Å². The summed E-state index contributed by atoms with van der Waals surface area (Å²) in [5, 5.41) is 3.04. The third kappa shape index (κ3) is 5.11. The SMILES string of the molecule is CNC(C)(CCCOC1CCCC(C)C1)C(=O)OC. The van der Waals surface area contributed by atoms with Crippen molar-refractivity contribution in [3.05, 3.63) is 0 Å². The van der Waals surface area contributed by atoms with Gasteiger partial charge in [-0.25, -0.2) is 0 Å². The summed E-state index contributed by atoms with van der Waals surface area (Å²) in [6, 6.07) is 0. The van der Waals surface area contributed by atoms with Crippen molar-refractivity contribution in [2.24, 2.45) is 5.92 Å². The molecule has 1 N–H and O–H groups in total. The first-order valence-electron chi connectivity index (χ1n) is 7.40. The van der Waals surface area contributed by atoms with Crippen LogP contribution in [0.4, 0.5) is 0 Å². The molecule has 112 valence electrons. The van der Waals surface area contributed by atoms with Gasteiger partial charge in [-0.05, 0) is 45.6 Å². The minimum Gasteiger partial charge on any atom is -0.468 e. The van der Waals surface area contributed by atoms with Crippen molar-refractivity contribution in [3.8, 4) is 0 Å².